The molecule has 0 saturated carbocycles. The SMILES string of the molecule is Cc1cc(NCCN2CCN(CCNC3=CC(C)C(N)C=C3)CC2)ccc1N. The first kappa shape index (κ1) is 20.7. The predicted molar refractivity (Wildman–Crippen MR) is 119 cm³/mol. The van der Waals surface area contributed by atoms with E-state index in [4.69, 9.17) is 11.5 Å². The van der Waals surface area contributed by atoms with Gasteiger partial charge in [-0.05, 0) is 42.7 Å². The summed E-state index contributed by atoms with van der Waals surface area (Å²) >= 11 is 0. The summed E-state index contributed by atoms with van der Waals surface area (Å²) in [6.07, 6.45) is 6.43. The second-order valence-electron chi connectivity index (χ2n) is 8.03. The number of anilines is 2. The van der Waals surface area contributed by atoms with E-state index in [1.807, 2.05) is 13.0 Å². The maximum atomic E-state index is 6.00. The van der Waals surface area contributed by atoms with Gasteiger partial charge in [-0.3, -0.25) is 9.80 Å². The van der Waals surface area contributed by atoms with E-state index in [1.54, 1.807) is 0 Å². The summed E-state index contributed by atoms with van der Waals surface area (Å²) in [6, 6.07) is 6.29. The fourth-order valence-corrected chi connectivity index (χ4v) is 3.70. The van der Waals surface area contributed by atoms with E-state index < -0.39 is 0 Å². The number of hydrogen-bond donors (Lipinski definition) is 4. The molecule has 2 unspecified atom stereocenters. The Balaban J connectivity index is 1.29. The van der Waals surface area contributed by atoms with Crippen molar-refractivity contribution in [1.29, 1.82) is 0 Å². The van der Waals surface area contributed by atoms with Crippen molar-refractivity contribution in [1.82, 2.24) is 15.1 Å². The lowest BCUT2D eigenvalue weighted by Crippen LogP contribution is -2.49. The summed E-state index contributed by atoms with van der Waals surface area (Å²) in [5, 5.41) is 7.04. The number of nitrogen functional groups attached to an aromatic ring is 1. The number of benzene rings is 1. The third-order valence-corrected chi connectivity index (χ3v) is 5.80. The van der Waals surface area contributed by atoms with Crippen molar-refractivity contribution in [2.75, 3.05) is 63.4 Å². The first-order chi connectivity index (χ1) is 13.5. The molecule has 0 aromatic heterocycles. The molecule has 1 fully saturated rings. The minimum absolute atomic E-state index is 0.150. The Morgan fingerprint density at radius 2 is 1.68 bits per heavy atom. The fraction of sp³-hybridized carbons (Fsp3) is 0.545. The van der Waals surface area contributed by atoms with Crippen LogP contribution in [0.1, 0.15) is 12.5 Å². The van der Waals surface area contributed by atoms with Gasteiger partial charge in [-0.25, -0.2) is 0 Å². The minimum atomic E-state index is 0.150. The van der Waals surface area contributed by atoms with Crippen molar-refractivity contribution in [2.45, 2.75) is 19.9 Å². The van der Waals surface area contributed by atoms with Gasteiger partial charge in [0.1, 0.15) is 0 Å². The summed E-state index contributed by atoms with van der Waals surface area (Å²) < 4.78 is 0. The average molecular weight is 385 g/mol. The lowest BCUT2D eigenvalue weighted by molar-refractivity contribution is 0.137. The summed E-state index contributed by atoms with van der Waals surface area (Å²) in [7, 11) is 0. The van der Waals surface area contributed by atoms with Crippen LogP contribution in [-0.2, 0) is 0 Å². The molecule has 1 aromatic rings. The Hall–Kier alpha value is -2.02. The zero-order valence-corrected chi connectivity index (χ0v) is 17.3. The van der Waals surface area contributed by atoms with Crippen LogP contribution in [0, 0.1) is 12.8 Å². The summed E-state index contributed by atoms with van der Waals surface area (Å²) in [4.78, 5) is 5.08. The number of rotatable bonds is 8. The van der Waals surface area contributed by atoms with Crippen LogP contribution in [0.2, 0.25) is 0 Å². The topological polar surface area (TPSA) is 82.6 Å². The van der Waals surface area contributed by atoms with Crippen LogP contribution >= 0.6 is 0 Å². The van der Waals surface area contributed by atoms with Gasteiger partial charge in [0.2, 0.25) is 0 Å². The number of hydrogen-bond acceptors (Lipinski definition) is 6. The predicted octanol–water partition coefficient (Wildman–Crippen LogP) is 1.61. The standard InChI is InChI=1S/C22H36N6/c1-17-15-19(3-5-21(17)23)25-7-9-27-11-13-28(14-12-27)10-8-26-20-4-6-22(24)18(2)16-20/h3-6,15-17,21,25-26H,7-14,23-24H2,1-2H3. The second kappa shape index (κ2) is 9.96. The van der Waals surface area contributed by atoms with E-state index in [9.17, 15) is 0 Å². The van der Waals surface area contributed by atoms with Gasteiger partial charge in [-0.1, -0.05) is 19.1 Å². The molecule has 1 aliphatic carbocycles. The first-order valence-corrected chi connectivity index (χ1v) is 10.5. The van der Waals surface area contributed by atoms with Gasteiger partial charge in [-0.2, -0.15) is 0 Å². The summed E-state index contributed by atoms with van der Waals surface area (Å²) in [5.41, 5.74) is 16.2. The van der Waals surface area contributed by atoms with Gasteiger partial charge in [0, 0.05) is 75.5 Å². The Kier molecular flexibility index (Phi) is 7.36. The fourth-order valence-electron chi connectivity index (χ4n) is 3.70. The highest BCUT2D eigenvalue weighted by Crippen LogP contribution is 2.16. The van der Waals surface area contributed by atoms with Crippen LogP contribution in [0.5, 0.6) is 0 Å². The van der Waals surface area contributed by atoms with E-state index in [2.05, 4.69) is 57.7 Å². The molecule has 6 heteroatoms. The molecular formula is C22H36N6. The number of allylic oxidation sites excluding steroid dienone is 1. The van der Waals surface area contributed by atoms with Gasteiger partial charge >= 0.3 is 0 Å². The van der Waals surface area contributed by atoms with E-state index >= 15 is 0 Å². The normalized spacial score (nSPS) is 23.5. The van der Waals surface area contributed by atoms with Crippen LogP contribution in [0.3, 0.4) is 0 Å². The Morgan fingerprint density at radius 1 is 1.04 bits per heavy atom. The van der Waals surface area contributed by atoms with Crippen molar-refractivity contribution < 1.29 is 0 Å². The average Bonchev–Trinajstić information content (AvgIpc) is 2.69. The molecule has 3 rings (SSSR count). The molecule has 28 heavy (non-hydrogen) atoms. The highest BCUT2D eigenvalue weighted by atomic mass is 15.3. The van der Waals surface area contributed by atoms with Gasteiger partial charge in [-0.15, -0.1) is 0 Å². The third kappa shape index (κ3) is 5.99. The molecule has 2 aliphatic rings. The number of nitrogens with two attached hydrogens (primary N) is 2. The molecule has 1 aromatic carbocycles. The lowest BCUT2D eigenvalue weighted by Gasteiger charge is -2.35. The highest BCUT2D eigenvalue weighted by molar-refractivity contribution is 5.56. The lowest BCUT2D eigenvalue weighted by atomic mass is 9.96. The molecule has 1 aliphatic heterocycles. The molecule has 1 heterocycles. The monoisotopic (exact) mass is 384 g/mol. The molecule has 1 saturated heterocycles. The van der Waals surface area contributed by atoms with Crippen molar-refractivity contribution in [3.05, 3.63) is 47.7 Å². The molecule has 0 bridgehead atoms. The van der Waals surface area contributed by atoms with Crippen LogP contribution in [0.25, 0.3) is 0 Å². The van der Waals surface area contributed by atoms with Crippen LogP contribution in [0.15, 0.2) is 42.1 Å². The molecular weight excluding hydrogens is 348 g/mol. The Labute approximate surface area is 169 Å². The van der Waals surface area contributed by atoms with Crippen molar-refractivity contribution in [3.8, 4) is 0 Å². The molecule has 154 valence electrons. The van der Waals surface area contributed by atoms with E-state index in [1.165, 1.54) is 5.70 Å². The number of nitrogens with one attached hydrogen (secondary N) is 2. The molecule has 0 radical (unpaired) electrons. The van der Waals surface area contributed by atoms with Gasteiger partial charge < -0.3 is 22.1 Å². The molecule has 0 spiro atoms. The van der Waals surface area contributed by atoms with Gasteiger partial charge in [0.25, 0.3) is 0 Å². The number of piperazine rings is 1. The van der Waals surface area contributed by atoms with Crippen LogP contribution in [0.4, 0.5) is 11.4 Å². The van der Waals surface area contributed by atoms with Crippen LogP contribution in [-0.4, -0.2) is 68.2 Å². The molecule has 6 nitrogen and oxygen atoms in total. The smallest absolute Gasteiger partial charge is 0.0345 e. The minimum Gasteiger partial charge on any atom is -0.399 e. The van der Waals surface area contributed by atoms with Gasteiger partial charge in [0.15, 0.2) is 0 Å². The van der Waals surface area contributed by atoms with Crippen molar-refractivity contribution >= 4 is 11.4 Å². The highest BCUT2D eigenvalue weighted by Gasteiger charge is 2.16. The maximum Gasteiger partial charge on any atom is 0.0345 e. The van der Waals surface area contributed by atoms with Crippen molar-refractivity contribution in [3.63, 3.8) is 0 Å². The first-order valence-electron chi connectivity index (χ1n) is 10.5. The van der Waals surface area contributed by atoms with E-state index in [0.717, 1.165) is 69.3 Å². The van der Waals surface area contributed by atoms with Gasteiger partial charge in [0.05, 0.1) is 0 Å². The number of nitrogens with zero attached hydrogens (tertiary/aromatic N) is 2. The second-order valence-corrected chi connectivity index (χ2v) is 8.03. The Morgan fingerprint density at radius 3 is 2.29 bits per heavy atom. The molecule has 2 atom stereocenters. The van der Waals surface area contributed by atoms with Crippen molar-refractivity contribution in [2.24, 2.45) is 11.7 Å². The van der Waals surface area contributed by atoms with E-state index in [-0.39, 0.29) is 6.04 Å². The zero-order chi connectivity index (χ0) is 19.9. The third-order valence-electron chi connectivity index (χ3n) is 5.80. The molecule has 0 amide bonds. The largest absolute Gasteiger partial charge is 0.399 e. The van der Waals surface area contributed by atoms with Crippen LogP contribution < -0.4 is 22.1 Å². The van der Waals surface area contributed by atoms with E-state index in [0.29, 0.717) is 5.92 Å². The Bertz CT molecular complexity index is 690. The number of aryl methyl sites for hydroxylation is 1. The maximum absolute atomic E-state index is 6.00. The zero-order valence-electron chi connectivity index (χ0n) is 17.3. The summed E-state index contributed by atoms with van der Waals surface area (Å²) in [5.74, 6) is 0.404. The quantitative estimate of drug-likeness (QED) is 0.510. The summed E-state index contributed by atoms with van der Waals surface area (Å²) in [6.45, 7) is 12.9. The molecule has 6 N–H and O–H groups in total.